The van der Waals surface area contributed by atoms with Gasteiger partial charge in [0, 0.05) is 0 Å². The molecular weight excluding hydrogens is 290 g/mol. The molecule has 0 radical (unpaired) electrons. The van der Waals surface area contributed by atoms with Gasteiger partial charge in [0.2, 0.25) is 0 Å². The van der Waals surface area contributed by atoms with Crippen LogP contribution in [0.2, 0.25) is 5.15 Å². The first-order valence-corrected chi connectivity index (χ1v) is 7.03. The number of esters is 1. The predicted molar refractivity (Wildman–Crippen MR) is 78.8 cm³/mol. The summed E-state index contributed by atoms with van der Waals surface area (Å²) in [7, 11) is 0. The van der Waals surface area contributed by atoms with Gasteiger partial charge in [0.25, 0.3) is 0 Å². The summed E-state index contributed by atoms with van der Waals surface area (Å²) in [6.45, 7) is 2.27. The number of aromatic nitrogens is 2. The van der Waals surface area contributed by atoms with E-state index in [9.17, 15) is 10.1 Å². The summed E-state index contributed by atoms with van der Waals surface area (Å²) in [6.07, 6.45) is 1.65. The molecule has 0 saturated heterocycles. The maximum absolute atomic E-state index is 12.0. The van der Waals surface area contributed by atoms with Gasteiger partial charge in [-0.15, -0.1) is 0 Å². The van der Waals surface area contributed by atoms with Gasteiger partial charge >= 0.3 is 5.97 Å². The van der Waals surface area contributed by atoms with Crippen molar-refractivity contribution in [3.8, 4) is 6.07 Å². The molecule has 0 bridgehead atoms. The molecular formula is C15H14ClN3O2. The lowest BCUT2D eigenvalue weighted by atomic mass is 10.1. The normalized spacial score (nSPS) is 11.9. The number of unbranched alkanes of at least 4 members (excludes halogenated alkanes) is 1. The van der Waals surface area contributed by atoms with Crippen molar-refractivity contribution in [2.75, 3.05) is 6.61 Å². The lowest BCUT2D eigenvalue weighted by molar-refractivity contribution is -0.144. The first-order valence-electron chi connectivity index (χ1n) is 6.65. The second-order valence-electron chi connectivity index (χ2n) is 4.47. The molecule has 0 aliphatic rings. The Hall–Kier alpha value is -2.19. The number of rotatable bonds is 5. The molecule has 21 heavy (non-hydrogen) atoms. The summed E-state index contributed by atoms with van der Waals surface area (Å²) in [5.74, 6) is -1.80. The second kappa shape index (κ2) is 7.00. The van der Waals surface area contributed by atoms with E-state index < -0.39 is 11.9 Å². The molecule has 0 spiro atoms. The lowest BCUT2D eigenvalue weighted by Crippen LogP contribution is -2.17. The first kappa shape index (κ1) is 15.2. The highest BCUT2D eigenvalue weighted by atomic mass is 35.5. The Morgan fingerprint density at radius 1 is 1.38 bits per heavy atom. The SMILES string of the molecule is CCCCOC(=O)[C@@H](C#N)c1nc2ccccc2nc1Cl. The highest BCUT2D eigenvalue weighted by Gasteiger charge is 2.27. The molecule has 0 N–H and O–H groups in total. The van der Waals surface area contributed by atoms with E-state index in [1.807, 2.05) is 19.1 Å². The van der Waals surface area contributed by atoms with Gasteiger partial charge in [0.15, 0.2) is 11.1 Å². The van der Waals surface area contributed by atoms with E-state index in [-0.39, 0.29) is 17.5 Å². The number of benzene rings is 1. The third kappa shape index (κ3) is 3.47. The van der Waals surface area contributed by atoms with Gasteiger partial charge in [-0.05, 0) is 18.6 Å². The van der Waals surface area contributed by atoms with Crippen molar-refractivity contribution >= 4 is 28.6 Å². The van der Waals surface area contributed by atoms with E-state index in [0.717, 1.165) is 12.8 Å². The van der Waals surface area contributed by atoms with Gasteiger partial charge in [-0.25, -0.2) is 9.97 Å². The molecule has 5 nitrogen and oxygen atoms in total. The lowest BCUT2D eigenvalue weighted by Gasteiger charge is -2.10. The number of carbonyl (C=O) groups excluding carboxylic acids is 1. The van der Waals surface area contributed by atoms with E-state index in [2.05, 4.69) is 9.97 Å². The zero-order valence-corrected chi connectivity index (χ0v) is 12.3. The number of carbonyl (C=O) groups is 1. The molecule has 2 rings (SSSR count). The van der Waals surface area contributed by atoms with E-state index in [4.69, 9.17) is 16.3 Å². The van der Waals surface area contributed by atoms with E-state index in [0.29, 0.717) is 11.0 Å². The topological polar surface area (TPSA) is 75.9 Å². The Balaban J connectivity index is 2.31. The van der Waals surface area contributed by atoms with Crippen molar-refractivity contribution in [3.05, 3.63) is 35.1 Å². The van der Waals surface area contributed by atoms with Crippen LogP contribution in [0.15, 0.2) is 24.3 Å². The van der Waals surface area contributed by atoms with Crippen molar-refractivity contribution in [1.29, 1.82) is 5.26 Å². The molecule has 108 valence electrons. The number of hydrogen-bond acceptors (Lipinski definition) is 5. The van der Waals surface area contributed by atoms with Crippen LogP contribution in [0.5, 0.6) is 0 Å². The van der Waals surface area contributed by atoms with Crippen LogP contribution in [-0.2, 0) is 9.53 Å². The molecule has 1 aromatic heterocycles. The van der Waals surface area contributed by atoms with E-state index in [1.54, 1.807) is 18.2 Å². The number of para-hydroxylation sites is 2. The highest BCUT2D eigenvalue weighted by Crippen LogP contribution is 2.24. The maximum Gasteiger partial charge on any atom is 0.329 e. The Bertz CT molecular complexity index is 697. The minimum atomic E-state index is -1.16. The molecule has 1 aromatic carbocycles. The molecule has 1 heterocycles. The molecule has 0 aliphatic carbocycles. The van der Waals surface area contributed by atoms with Crippen LogP contribution in [0, 0.1) is 11.3 Å². The zero-order chi connectivity index (χ0) is 15.2. The summed E-state index contributed by atoms with van der Waals surface area (Å²) in [5, 5.41) is 9.27. The molecule has 1 atom stereocenters. The molecule has 0 aliphatic heterocycles. The van der Waals surface area contributed by atoms with Gasteiger partial charge in [-0.2, -0.15) is 5.26 Å². The Morgan fingerprint density at radius 2 is 2.05 bits per heavy atom. The summed E-state index contributed by atoms with van der Waals surface area (Å²) in [6, 6.07) is 9.02. The van der Waals surface area contributed by atoms with Crippen LogP contribution in [0.25, 0.3) is 11.0 Å². The van der Waals surface area contributed by atoms with Crippen molar-refractivity contribution in [1.82, 2.24) is 9.97 Å². The Morgan fingerprint density at radius 3 is 2.67 bits per heavy atom. The van der Waals surface area contributed by atoms with Gasteiger partial charge in [0.1, 0.15) is 5.69 Å². The largest absolute Gasteiger partial charge is 0.464 e. The quantitative estimate of drug-likeness (QED) is 0.626. The molecule has 0 amide bonds. The number of ether oxygens (including phenoxy) is 1. The fourth-order valence-corrected chi connectivity index (χ4v) is 2.04. The van der Waals surface area contributed by atoms with Crippen molar-refractivity contribution in [2.45, 2.75) is 25.7 Å². The van der Waals surface area contributed by atoms with Crippen LogP contribution in [0.1, 0.15) is 31.4 Å². The number of fused-ring (bicyclic) bond motifs is 1. The average Bonchev–Trinajstić information content (AvgIpc) is 2.49. The van der Waals surface area contributed by atoms with Crippen LogP contribution in [-0.4, -0.2) is 22.5 Å². The number of hydrogen-bond donors (Lipinski definition) is 0. The minimum absolute atomic E-state index is 0.0488. The van der Waals surface area contributed by atoms with Crippen LogP contribution >= 0.6 is 11.6 Å². The van der Waals surface area contributed by atoms with E-state index >= 15 is 0 Å². The standard InChI is InChI=1S/C15H14ClN3O2/c1-2-3-8-21-15(20)10(9-17)13-14(16)19-12-7-5-4-6-11(12)18-13/h4-7,10H,2-3,8H2,1H3/t10-/m0/s1. The summed E-state index contributed by atoms with van der Waals surface area (Å²) >= 11 is 6.05. The monoisotopic (exact) mass is 303 g/mol. The molecule has 0 saturated carbocycles. The minimum Gasteiger partial charge on any atom is -0.464 e. The third-order valence-corrected chi connectivity index (χ3v) is 3.21. The Kier molecular flexibility index (Phi) is 5.07. The molecule has 2 aromatic rings. The van der Waals surface area contributed by atoms with Gasteiger partial charge < -0.3 is 4.74 Å². The first-order chi connectivity index (χ1) is 10.2. The van der Waals surface area contributed by atoms with Crippen molar-refractivity contribution < 1.29 is 9.53 Å². The van der Waals surface area contributed by atoms with Gasteiger partial charge in [-0.3, -0.25) is 4.79 Å². The summed E-state index contributed by atoms with van der Waals surface area (Å²) < 4.78 is 5.07. The molecule has 0 fully saturated rings. The van der Waals surface area contributed by atoms with Crippen molar-refractivity contribution in [3.63, 3.8) is 0 Å². The molecule has 0 unspecified atom stereocenters. The average molecular weight is 304 g/mol. The smallest absolute Gasteiger partial charge is 0.329 e. The van der Waals surface area contributed by atoms with Crippen molar-refractivity contribution in [2.24, 2.45) is 0 Å². The van der Waals surface area contributed by atoms with Crippen LogP contribution < -0.4 is 0 Å². The maximum atomic E-state index is 12.0. The fraction of sp³-hybridized carbons (Fsp3) is 0.333. The predicted octanol–water partition coefficient (Wildman–Crippen LogP) is 3.23. The zero-order valence-electron chi connectivity index (χ0n) is 11.5. The number of nitrogens with zero attached hydrogens (tertiary/aromatic N) is 3. The summed E-state index contributed by atoms with van der Waals surface area (Å²) in [4.78, 5) is 20.4. The number of halogens is 1. The Labute approximate surface area is 127 Å². The van der Waals surface area contributed by atoms with Gasteiger partial charge in [0.05, 0.1) is 23.7 Å². The number of nitriles is 1. The fourth-order valence-electron chi connectivity index (χ4n) is 1.80. The van der Waals surface area contributed by atoms with Crippen LogP contribution in [0.3, 0.4) is 0 Å². The summed E-state index contributed by atoms with van der Waals surface area (Å²) in [5.41, 5.74) is 1.33. The van der Waals surface area contributed by atoms with Gasteiger partial charge in [-0.1, -0.05) is 37.1 Å². The third-order valence-electron chi connectivity index (χ3n) is 2.93. The van der Waals surface area contributed by atoms with E-state index in [1.165, 1.54) is 0 Å². The second-order valence-corrected chi connectivity index (χ2v) is 4.83. The highest BCUT2D eigenvalue weighted by molar-refractivity contribution is 6.30. The van der Waals surface area contributed by atoms with Crippen LogP contribution in [0.4, 0.5) is 0 Å². The molecule has 6 heteroatoms.